The molecule has 0 saturated carbocycles. The summed E-state index contributed by atoms with van der Waals surface area (Å²) < 4.78 is 46.2. The van der Waals surface area contributed by atoms with Gasteiger partial charge in [0.1, 0.15) is 11.5 Å². The van der Waals surface area contributed by atoms with Gasteiger partial charge in [-0.15, -0.1) is 13.2 Å². The van der Waals surface area contributed by atoms with Gasteiger partial charge in [0.15, 0.2) is 5.76 Å². The molecule has 0 aromatic heterocycles. The van der Waals surface area contributed by atoms with Crippen molar-refractivity contribution in [2.45, 2.75) is 6.36 Å². The third-order valence-electron chi connectivity index (χ3n) is 2.67. The first kappa shape index (κ1) is 16.9. The number of hydrogen-bond acceptors (Lipinski definition) is 3. The van der Waals surface area contributed by atoms with Gasteiger partial charge in [0, 0.05) is 5.02 Å². The number of alkyl halides is 3. The molecule has 0 unspecified atom stereocenters. The van der Waals surface area contributed by atoms with Crippen LogP contribution in [0.4, 0.5) is 13.2 Å². The predicted octanol–water partition coefficient (Wildman–Crippen LogP) is 5.01. The zero-order chi connectivity index (χ0) is 17.0. The molecule has 2 aromatic carbocycles. The normalized spacial score (nSPS) is 11.0. The van der Waals surface area contributed by atoms with Crippen molar-refractivity contribution < 1.29 is 27.4 Å². The van der Waals surface area contributed by atoms with Crippen LogP contribution >= 0.6 is 11.6 Å². The van der Waals surface area contributed by atoms with Gasteiger partial charge in [0.2, 0.25) is 5.78 Å². The Morgan fingerprint density at radius 1 is 1.04 bits per heavy atom. The molecule has 0 aliphatic heterocycles. The number of para-hydroxylation sites is 1. The van der Waals surface area contributed by atoms with Crippen LogP contribution in [0.25, 0.3) is 0 Å². The molecule has 0 amide bonds. The van der Waals surface area contributed by atoms with E-state index >= 15 is 0 Å². The summed E-state index contributed by atoms with van der Waals surface area (Å²) in [4.78, 5) is 12.2. The van der Waals surface area contributed by atoms with Crippen LogP contribution in [0.1, 0.15) is 10.4 Å². The van der Waals surface area contributed by atoms with Crippen LogP contribution < -0.4 is 9.47 Å². The maximum absolute atomic E-state index is 12.4. The van der Waals surface area contributed by atoms with E-state index in [1.54, 1.807) is 0 Å². The van der Waals surface area contributed by atoms with Gasteiger partial charge in [-0.05, 0) is 36.4 Å². The quantitative estimate of drug-likeness (QED) is 0.435. The van der Waals surface area contributed by atoms with Gasteiger partial charge in [-0.3, -0.25) is 4.79 Å². The standard InChI is InChI=1S/C16H10ClF3O3/c1-10(22-12-8-6-11(17)7-9-12)15(21)13-4-2-3-5-14(13)23-16(18,19)20/h2-9H,1H2. The Morgan fingerprint density at radius 2 is 1.65 bits per heavy atom. The molecule has 120 valence electrons. The highest BCUT2D eigenvalue weighted by atomic mass is 35.5. The first-order chi connectivity index (χ1) is 10.8. The summed E-state index contributed by atoms with van der Waals surface area (Å²) in [6.45, 7) is 3.44. The molecule has 2 rings (SSSR count). The summed E-state index contributed by atoms with van der Waals surface area (Å²) in [5.41, 5.74) is -0.302. The van der Waals surface area contributed by atoms with Gasteiger partial charge in [-0.25, -0.2) is 0 Å². The van der Waals surface area contributed by atoms with Crippen molar-refractivity contribution in [1.82, 2.24) is 0 Å². The first-order valence-corrected chi connectivity index (χ1v) is 6.66. The second-order valence-corrected chi connectivity index (χ2v) is 4.79. The topological polar surface area (TPSA) is 35.5 Å². The van der Waals surface area contributed by atoms with Crippen molar-refractivity contribution in [3.8, 4) is 11.5 Å². The Bertz CT molecular complexity index is 724. The van der Waals surface area contributed by atoms with Crippen molar-refractivity contribution in [2.24, 2.45) is 0 Å². The molecular weight excluding hydrogens is 333 g/mol. The minimum atomic E-state index is -4.91. The van der Waals surface area contributed by atoms with Crippen molar-refractivity contribution in [2.75, 3.05) is 0 Å². The average Bonchev–Trinajstić information content (AvgIpc) is 2.48. The molecule has 0 N–H and O–H groups in total. The summed E-state index contributed by atoms with van der Waals surface area (Å²) in [6.07, 6.45) is -4.91. The van der Waals surface area contributed by atoms with Crippen LogP contribution in [0.15, 0.2) is 60.9 Å². The number of allylic oxidation sites excluding steroid dienone is 1. The lowest BCUT2D eigenvalue weighted by Crippen LogP contribution is -2.19. The average molecular weight is 343 g/mol. The Kier molecular flexibility index (Phi) is 4.95. The van der Waals surface area contributed by atoms with Crippen LogP contribution in [0.2, 0.25) is 5.02 Å². The van der Waals surface area contributed by atoms with Crippen LogP contribution in [-0.2, 0) is 0 Å². The molecule has 0 fully saturated rings. The van der Waals surface area contributed by atoms with E-state index in [1.165, 1.54) is 42.5 Å². The fraction of sp³-hybridized carbons (Fsp3) is 0.0625. The molecule has 0 radical (unpaired) electrons. The highest BCUT2D eigenvalue weighted by molar-refractivity contribution is 6.30. The van der Waals surface area contributed by atoms with E-state index < -0.39 is 17.9 Å². The lowest BCUT2D eigenvalue weighted by molar-refractivity contribution is -0.274. The van der Waals surface area contributed by atoms with Gasteiger partial charge in [-0.1, -0.05) is 30.3 Å². The van der Waals surface area contributed by atoms with Gasteiger partial charge in [0.05, 0.1) is 5.56 Å². The van der Waals surface area contributed by atoms with E-state index in [2.05, 4.69) is 11.3 Å². The third-order valence-corrected chi connectivity index (χ3v) is 2.92. The van der Waals surface area contributed by atoms with E-state index in [0.29, 0.717) is 5.02 Å². The van der Waals surface area contributed by atoms with E-state index in [4.69, 9.17) is 16.3 Å². The molecule has 2 aromatic rings. The highest BCUT2D eigenvalue weighted by Gasteiger charge is 2.33. The molecule has 0 aliphatic carbocycles. The van der Waals surface area contributed by atoms with E-state index in [1.807, 2.05) is 0 Å². The third kappa shape index (κ3) is 4.75. The molecule has 0 spiro atoms. The first-order valence-electron chi connectivity index (χ1n) is 6.28. The molecule has 0 bridgehead atoms. The highest BCUT2D eigenvalue weighted by Crippen LogP contribution is 2.28. The number of hydrogen-bond donors (Lipinski definition) is 0. The number of ether oxygens (including phenoxy) is 2. The smallest absolute Gasteiger partial charge is 0.454 e. The fourth-order valence-electron chi connectivity index (χ4n) is 1.71. The molecule has 7 heteroatoms. The number of carbonyl (C=O) groups excluding carboxylic acids is 1. The largest absolute Gasteiger partial charge is 0.573 e. The van der Waals surface area contributed by atoms with Gasteiger partial charge >= 0.3 is 6.36 Å². The van der Waals surface area contributed by atoms with Gasteiger partial charge < -0.3 is 9.47 Å². The summed E-state index contributed by atoms with van der Waals surface area (Å²) in [7, 11) is 0. The molecule has 0 heterocycles. The minimum Gasteiger partial charge on any atom is -0.454 e. The van der Waals surface area contributed by atoms with Crippen molar-refractivity contribution in [3.63, 3.8) is 0 Å². The van der Waals surface area contributed by atoms with Gasteiger partial charge in [-0.2, -0.15) is 0 Å². The lowest BCUT2D eigenvalue weighted by atomic mass is 10.1. The molecule has 3 nitrogen and oxygen atoms in total. The Morgan fingerprint density at radius 3 is 2.26 bits per heavy atom. The summed E-state index contributed by atoms with van der Waals surface area (Å²) >= 11 is 5.72. The van der Waals surface area contributed by atoms with Crippen molar-refractivity contribution in [1.29, 1.82) is 0 Å². The number of ketones is 1. The minimum absolute atomic E-state index is 0.280. The second-order valence-electron chi connectivity index (χ2n) is 4.35. The Balaban J connectivity index is 2.19. The number of benzene rings is 2. The molecule has 0 saturated heterocycles. The van der Waals surface area contributed by atoms with Crippen LogP contribution in [0.3, 0.4) is 0 Å². The fourth-order valence-corrected chi connectivity index (χ4v) is 1.84. The summed E-state index contributed by atoms with van der Waals surface area (Å²) in [5, 5.41) is 0.471. The molecular formula is C16H10ClF3O3. The molecule has 0 aliphatic rings. The van der Waals surface area contributed by atoms with Crippen molar-refractivity contribution >= 4 is 17.4 Å². The van der Waals surface area contributed by atoms with E-state index in [9.17, 15) is 18.0 Å². The van der Waals surface area contributed by atoms with E-state index in [0.717, 1.165) is 6.07 Å². The predicted molar refractivity (Wildman–Crippen MR) is 78.7 cm³/mol. The van der Waals surface area contributed by atoms with E-state index in [-0.39, 0.29) is 17.1 Å². The Labute approximate surface area is 134 Å². The zero-order valence-corrected chi connectivity index (χ0v) is 12.3. The second kappa shape index (κ2) is 6.75. The maximum Gasteiger partial charge on any atom is 0.573 e. The number of rotatable bonds is 5. The lowest BCUT2D eigenvalue weighted by Gasteiger charge is -2.13. The number of Topliss-reactive ketones (excluding diaryl/α,β-unsaturated/α-hetero) is 1. The number of carbonyl (C=O) groups is 1. The van der Waals surface area contributed by atoms with Crippen LogP contribution in [0, 0.1) is 0 Å². The number of halogens is 4. The zero-order valence-electron chi connectivity index (χ0n) is 11.6. The SMILES string of the molecule is C=C(Oc1ccc(Cl)cc1)C(=O)c1ccccc1OC(F)(F)F. The maximum atomic E-state index is 12.4. The van der Waals surface area contributed by atoms with Crippen LogP contribution in [-0.4, -0.2) is 12.1 Å². The van der Waals surface area contributed by atoms with Gasteiger partial charge in [0.25, 0.3) is 0 Å². The molecule has 0 atom stereocenters. The van der Waals surface area contributed by atoms with Crippen molar-refractivity contribution in [3.05, 3.63) is 71.5 Å². The summed E-state index contributed by atoms with van der Waals surface area (Å²) in [5.74, 6) is -1.50. The summed E-state index contributed by atoms with van der Waals surface area (Å²) in [6, 6.07) is 11.0. The van der Waals surface area contributed by atoms with Crippen LogP contribution in [0.5, 0.6) is 11.5 Å². The molecule has 23 heavy (non-hydrogen) atoms. The Hall–Kier alpha value is -2.47. The monoisotopic (exact) mass is 342 g/mol.